The molecule has 32 heavy (non-hydrogen) atoms. The van der Waals surface area contributed by atoms with E-state index in [1.165, 1.54) is 11.1 Å². The molecule has 0 saturated heterocycles. The molecule has 0 aliphatic rings. The second-order valence-corrected chi connectivity index (χ2v) is 9.35. The molecule has 5 aromatic rings. The third kappa shape index (κ3) is 4.01. The number of nitrogens with zero attached hydrogens (tertiary/aromatic N) is 2. The zero-order valence-electron chi connectivity index (χ0n) is 18.0. The highest BCUT2D eigenvalue weighted by molar-refractivity contribution is 7.81. The van der Waals surface area contributed by atoms with Crippen LogP contribution in [0.1, 0.15) is 44.1 Å². The number of benzene rings is 4. The fourth-order valence-electron chi connectivity index (χ4n) is 4.17. The molecule has 1 aromatic heterocycles. The second kappa shape index (κ2) is 8.61. The summed E-state index contributed by atoms with van der Waals surface area (Å²) >= 11 is 10.0. The first-order chi connectivity index (χ1) is 15.5. The average Bonchev–Trinajstić information content (AvgIpc) is 2.81. The zero-order chi connectivity index (χ0) is 22.2. The summed E-state index contributed by atoms with van der Waals surface area (Å²) in [6.45, 7) is 4.19. The Balaban J connectivity index is 1.74. The Morgan fingerprint density at radius 3 is 1.41 bits per heavy atom. The Morgan fingerprint density at radius 2 is 1.00 bits per heavy atom. The first-order valence-electron chi connectivity index (χ1n) is 10.7. The van der Waals surface area contributed by atoms with Gasteiger partial charge in [0.05, 0.1) is 32.9 Å². The van der Waals surface area contributed by atoms with Crippen LogP contribution in [-0.2, 0) is 0 Å². The number of hydrogen-bond donors (Lipinski definition) is 2. The van der Waals surface area contributed by atoms with E-state index < -0.39 is 0 Å². The molecule has 0 N–H and O–H groups in total. The number of aryl methyl sites for hydroxylation is 2. The second-order valence-electron chi connectivity index (χ2n) is 8.32. The van der Waals surface area contributed by atoms with Crippen LogP contribution in [0.2, 0.25) is 0 Å². The number of rotatable bonds is 4. The molecule has 0 fully saturated rings. The van der Waals surface area contributed by atoms with E-state index in [4.69, 9.17) is 35.2 Å². The van der Waals surface area contributed by atoms with E-state index in [1.54, 1.807) is 0 Å². The number of aromatic nitrogens is 2. The third-order valence-corrected chi connectivity index (χ3v) is 6.91. The maximum absolute atomic E-state index is 5.11. The van der Waals surface area contributed by atoms with E-state index in [1.807, 2.05) is 12.1 Å². The number of thiol groups is 2. The highest BCUT2D eigenvalue weighted by Gasteiger charge is 2.24. The maximum Gasteiger partial charge on any atom is 0.0897 e. The summed E-state index contributed by atoms with van der Waals surface area (Å²) in [6.07, 6.45) is 0. The van der Waals surface area contributed by atoms with Crippen LogP contribution < -0.4 is 0 Å². The molecule has 5 rings (SSSR count). The molecule has 4 heteroatoms. The largest absolute Gasteiger partial charge is 0.248 e. The molecule has 0 radical (unpaired) electrons. The monoisotopic (exact) mass is 452 g/mol. The molecule has 0 saturated carbocycles. The topological polar surface area (TPSA) is 25.8 Å². The highest BCUT2D eigenvalue weighted by Crippen LogP contribution is 2.38. The summed E-state index contributed by atoms with van der Waals surface area (Å²) in [6, 6.07) is 29.4. The van der Waals surface area contributed by atoms with E-state index >= 15 is 0 Å². The van der Waals surface area contributed by atoms with Gasteiger partial charge in [-0.2, -0.15) is 25.3 Å². The molecule has 1 heterocycles. The van der Waals surface area contributed by atoms with Crippen molar-refractivity contribution in [1.82, 2.24) is 9.97 Å². The fraction of sp³-hybridized carbons (Fsp3) is 0.143. The molecule has 0 aliphatic heterocycles. The number of fused-ring (bicyclic) bond motifs is 2. The van der Waals surface area contributed by atoms with Crippen molar-refractivity contribution >= 4 is 47.1 Å². The van der Waals surface area contributed by atoms with Gasteiger partial charge in [0.25, 0.3) is 0 Å². The van der Waals surface area contributed by atoms with Crippen LogP contribution in [0, 0.1) is 13.8 Å². The molecule has 4 aromatic carbocycles. The van der Waals surface area contributed by atoms with E-state index in [-0.39, 0.29) is 10.5 Å². The average molecular weight is 453 g/mol. The molecule has 2 atom stereocenters. The summed E-state index contributed by atoms with van der Waals surface area (Å²) in [5.74, 6) is 0. The van der Waals surface area contributed by atoms with Gasteiger partial charge in [-0.25, -0.2) is 9.97 Å². The van der Waals surface area contributed by atoms with Gasteiger partial charge in [0, 0.05) is 0 Å². The van der Waals surface area contributed by atoms with Gasteiger partial charge in [-0.15, -0.1) is 0 Å². The standard InChI is InChI=1S/C28H24N2S2/c1-17-7-5-11-21(13-17)27(31)25-26(28(32)22-12-6-8-18(2)14-22)30-24-16-20-10-4-3-9-19(20)15-23(24)29-25/h3-16,27-28,31-32H,1-2H3. The van der Waals surface area contributed by atoms with Crippen LogP contribution in [-0.4, -0.2) is 9.97 Å². The lowest BCUT2D eigenvalue weighted by molar-refractivity contribution is 0.949. The van der Waals surface area contributed by atoms with E-state index in [0.717, 1.165) is 44.3 Å². The summed E-state index contributed by atoms with van der Waals surface area (Å²) in [5, 5.41) is 1.90. The van der Waals surface area contributed by atoms with Crippen molar-refractivity contribution in [1.29, 1.82) is 0 Å². The summed E-state index contributed by atoms with van der Waals surface area (Å²) in [4.78, 5) is 10.2. The normalized spacial score (nSPS) is 13.4. The Kier molecular flexibility index (Phi) is 5.66. The predicted molar refractivity (Wildman–Crippen MR) is 141 cm³/mol. The minimum atomic E-state index is -0.201. The quantitative estimate of drug-likeness (QED) is 0.219. The van der Waals surface area contributed by atoms with E-state index in [9.17, 15) is 0 Å². The first-order valence-corrected chi connectivity index (χ1v) is 11.7. The molecule has 158 valence electrons. The van der Waals surface area contributed by atoms with Crippen LogP contribution in [0.15, 0.2) is 84.9 Å². The lowest BCUT2D eigenvalue weighted by atomic mass is 9.99. The van der Waals surface area contributed by atoms with Crippen LogP contribution in [0.4, 0.5) is 0 Å². The van der Waals surface area contributed by atoms with Crippen molar-refractivity contribution in [3.63, 3.8) is 0 Å². The van der Waals surface area contributed by atoms with Gasteiger partial charge in [0.1, 0.15) is 0 Å². The lowest BCUT2D eigenvalue weighted by Gasteiger charge is -2.20. The van der Waals surface area contributed by atoms with Gasteiger partial charge in [-0.3, -0.25) is 0 Å². The number of hydrogen-bond acceptors (Lipinski definition) is 4. The Labute approximate surface area is 199 Å². The molecular weight excluding hydrogens is 428 g/mol. The van der Waals surface area contributed by atoms with Crippen LogP contribution in [0.3, 0.4) is 0 Å². The summed E-state index contributed by atoms with van der Waals surface area (Å²) < 4.78 is 0. The minimum absolute atomic E-state index is 0.201. The van der Waals surface area contributed by atoms with Gasteiger partial charge in [-0.05, 0) is 47.9 Å². The Morgan fingerprint density at radius 1 is 0.562 bits per heavy atom. The van der Waals surface area contributed by atoms with Crippen molar-refractivity contribution in [3.8, 4) is 0 Å². The first kappa shape index (κ1) is 21.0. The van der Waals surface area contributed by atoms with Gasteiger partial charge in [0.2, 0.25) is 0 Å². The zero-order valence-corrected chi connectivity index (χ0v) is 19.8. The van der Waals surface area contributed by atoms with E-state index in [2.05, 4.69) is 86.6 Å². The highest BCUT2D eigenvalue weighted by atomic mass is 32.1. The molecule has 0 aliphatic carbocycles. The van der Waals surface area contributed by atoms with Crippen molar-refractivity contribution < 1.29 is 0 Å². The summed E-state index contributed by atoms with van der Waals surface area (Å²) in [5.41, 5.74) is 8.06. The Bertz CT molecular complexity index is 1340. The third-order valence-electron chi connectivity index (χ3n) is 5.82. The summed E-state index contributed by atoms with van der Waals surface area (Å²) in [7, 11) is 0. The molecule has 2 nitrogen and oxygen atoms in total. The molecule has 2 unspecified atom stereocenters. The molecule has 0 bridgehead atoms. The van der Waals surface area contributed by atoms with Crippen molar-refractivity contribution in [2.24, 2.45) is 0 Å². The Hall–Kier alpha value is -2.82. The van der Waals surface area contributed by atoms with Crippen molar-refractivity contribution in [3.05, 3.63) is 119 Å². The lowest BCUT2D eigenvalue weighted by Crippen LogP contribution is -2.09. The molecular formula is C28H24N2S2. The molecule has 0 spiro atoms. The SMILES string of the molecule is Cc1cccc(C(S)c2nc3cc4ccccc4cc3nc2C(S)c2cccc(C)c2)c1. The minimum Gasteiger partial charge on any atom is -0.248 e. The van der Waals surface area contributed by atoms with Gasteiger partial charge in [0.15, 0.2) is 0 Å². The van der Waals surface area contributed by atoms with E-state index in [0.29, 0.717) is 0 Å². The van der Waals surface area contributed by atoms with Crippen LogP contribution >= 0.6 is 25.3 Å². The molecule has 0 amide bonds. The van der Waals surface area contributed by atoms with Crippen LogP contribution in [0.5, 0.6) is 0 Å². The van der Waals surface area contributed by atoms with Crippen molar-refractivity contribution in [2.75, 3.05) is 0 Å². The van der Waals surface area contributed by atoms with Gasteiger partial charge < -0.3 is 0 Å². The van der Waals surface area contributed by atoms with Gasteiger partial charge in [-0.1, -0.05) is 83.9 Å². The predicted octanol–water partition coefficient (Wildman–Crippen LogP) is 7.44. The van der Waals surface area contributed by atoms with Gasteiger partial charge >= 0.3 is 0 Å². The fourth-order valence-corrected chi connectivity index (χ4v) is 4.87. The maximum atomic E-state index is 5.11. The van der Waals surface area contributed by atoms with Crippen LogP contribution in [0.25, 0.3) is 21.8 Å². The smallest absolute Gasteiger partial charge is 0.0897 e. The van der Waals surface area contributed by atoms with Crippen molar-refractivity contribution in [2.45, 2.75) is 24.3 Å².